The minimum Gasteiger partial charge on any atom is -0.325 e. The van der Waals surface area contributed by atoms with Crippen molar-refractivity contribution in [3.8, 4) is 0 Å². The molecule has 0 amide bonds. The van der Waals surface area contributed by atoms with Gasteiger partial charge in [-0.3, -0.25) is 0 Å². The van der Waals surface area contributed by atoms with Crippen LogP contribution in [0.2, 0.25) is 39.3 Å². The van der Waals surface area contributed by atoms with E-state index in [1.165, 1.54) is 13.1 Å². The van der Waals surface area contributed by atoms with Crippen molar-refractivity contribution in [2.24, 2.45) is 0 Å². The molecule has 0 saturated heterocycles. The maximum atomic E-state index is 2.56. The summed E-state index contributed by atoms with van der Waals surface area (Å²) in [7, 11) is 2.41. The molecule has 0 aliphatic heterocycles. The highest BCUT2D eigenvalue weighted by atomic mass is 28.3. The minimum absolute atomic E-state index is 1.06. The van der Waals surface area contributed by atoms with Gasteiger partial charge in [0.1, 0.15) is 16.5 Å². The Morgan fingerprint density at radius 1 is 0.643 bits per heavy atom. The fourth-order valence-corrected chi connectivity index (χ4v) is 2.51. The molecular weight excluding hydrogens is 204 g/mol. The average Bonchev–Trinajstić information content (AvgIpc) is 1.95. The molecule has 2 nitrogen and oxygen atoms in total. The second-order valence-electron chi connectivity index (χ2n) is 6.18. The molecule has 0 aliphatic rings. The molecule has 14 heavy (non-hydrogen) atoms. The van der Waals surface area contributed by atoms with Gasteiger partial charge in [0.25, 0.3) is 0 Å². The van der Waals surface area contributed by atoms with Crippen LogP contribution in [0, 0.1) is 0 Å². The SMILES string of the molecule is CN(CCN(C)[Si](C)(C)C)[Si](C)(C)C. The average molecular weight is 233 g/mol. The fraction of sp³-hybridized carbons (Fsp3) is 1.00. The third-order valence-corrected chi connectivity index (χ3v) is 8.09. The van der Waals surface area contributed by atoms with E-state index >= 15 is 0 Å². The van der Waals surface area contributed by atoms with Crippen molar-refractivity contribution in [1.29, 1.82) is 0 Å². The van der Waals surface area contributed by atoms with Crippen LogP contribution in [0.1, 0.15) is 0 Å². The number of hydrogen-bond donors (Lipinski definition) is 0. The first-order valence-electron chi connectivity index (χ1n) is 5.47. The molecule has 0 unspecified atom stereocenters. The molecule has 0 rings (SSSR count). The van der Waals surface area contributed by atoms with E-state index in [4.69, 9.17) is 0 Å². The van der Waals surface area contributed by atoms with Gasteiger partial charge in [-0.1, -0.05) is 39.3 Å². The van der Waals surface area contributed by atoms with Gasteiger partial charge in [-0.05, 0) is 14.1 Å². The van der Waals surface area contributed by atoms with E-state index in [1.807, 2.05) is 0 Å². The quantitative estimate of drug-likeness (QED) is 0.672. The summed E-state index contributed by atoms with van der Waals surface area (Å²) in [6.07, 6.45) is 0. The van der Waals surface area contributed by atoms with E-state index in [-0.39, 0.29) is 0 Å². The molecule has 0 aromatic carbocycles. The Balaban J connectivity index is 3.96. The number of nitrogens with zero attached hydrogens (tertiary/aromatic N) is 2. The summed E-state index contributed by atoms with van der Waals surface area (Å²) in [5.74, 6) is 0. The van der Waals surface area contributed by atoms with Crippen molar-refractivity contribution in [1.82, 2.24) is 9.13 Å². The summed E-state index contributed by atoms with van der Waals surface area (Å²) in [6.45, 7) is 16.9. The Labute approximate surface area is 92.5 Å². The zero-order chi connectivity index (χ0) is 11.6. The Kier molecular flexibility index (Phi) is 5.04. The van der Waals surface area contributed by atoms with Gasteiger partial charge < -0.3 is 9.13 Å². The molecule has 0 heterocycles. The highest BCUT2D eigenvalue weighted by Crippen LogP contribution is 2.09. The Bertz CT molecular complexity index is 150. The van der Waals surface area contributed by atoms with E-state index in [2.05, 4.69) is 62.5 Å². The Morgan fingerprint density at radius 2 is 0.857 bits per heavy atom. The lowest BCUT2D eigenvalue weighted by molar-refractivity contribution is 0.416. The molecule has 0 bridgehead atoms. The van der Waals surface area contributed by atoms with Gasteiger partial charge in [0.15, 0.2) is 0 Å². The maximum absolute atomic E-state index is 2.56. The van der Waals surface area contributed by atoms with Crippen molar-refractivity contribution < 1.29 is 0 Å². The minimum atomic E-state index is -1.06. The Morgan fingerprint density at radius 3 is 1.00 bits per heavy atom. The first-order chi connectivity index (χ1) is 6.05. The lowest BCUT2D eigenvalue weighted by atomic mass is 10.6. The van der Waals surface area contributed by atoms with Gasteiger partial charge in [0.05, 0.1) is 0 Å². The zero-order valence-corrected chi connectivity index (χ0v) is 13.3. The number of hydrogen-bond acceptors (Lipinski definition) is 2. The van der Waals surface area contributed by atoms with Crippen LogP contribution in [0.5, 0.6) is 0 Å². The lowest BCUT2D eigenvalue weighted by Crippen LogP contribution is -2.50. The van der Waals surface area contributed by atoms with Gasteiger partial charge >= 0.3 is 0 Å². The molecular formula is C10H28N2Si2. The van der Waals surface area contributed by atoms with E-state index in [0.29, 0.717) is 0 Å². The van der Waals surface area contributed by atoms with Gasteiger partial charge in [-0.25, -0.2) is 0 Å². The van der Waals surface area contributed by atoms with Gasteiger partial charge in [-0.2, -0.15) is 0 Å². The van der Waals surface area contributed by atoms with E-state index in [9.17, 15) is 0 Å². The van der Waals surface area contributed by atoms with Crippen LogP contribution in [0.4, 0.5) is 0 Å². The predicted molar refractivity (Wildman–Crippen MR) is 72.0 cm³/mol. The van der Waals surface area contributed by atoms with Gasteiger partial charge in [0.2, 0.25) is 0 Å². The van der Waals surface area contributed by atoms with Crippen LogP contribution >= 0.6 is 0 Å². The van der Waals surface area contributed by atoms with Crippen LogP contribution in [0.25, 0.3) is 0 Å². The molecule has 0 aromatic heterocycles. The summed E-state index contributed by atoms with van der Waals surface area (Å²) in [5.41, 5.74) is 0. The molecule has 0 saturated carbocycles. The first kappa shape index (κ1) is 14.4. The third kappa shape index (κ3) is 5.29. The maximum Gasteiger partial charge on any atom is 0.118 e. The van der Waals surface area contributed by atoms with Crippen molar-refractivity contribution in [2.75, 3.05) is 27.2 Å². The monoisotopic (exact) mass is 232 g/mol. The van der Waals surface area contributed by atoms with E-state index in [0.717, 1.165) is 0 Å². The molecule has 0 spiro atoms. The predicted octanol–water partition coefficient (Wildman–Crippen LogP) is 2.52. The van der Waals surface area contributed by atoms with Crippen LogP contribution in [0.15, 0.2) is 0 Å². The second kappa shape index (κ2) is 4.92. The van der Waals surface area contributed by atoms with Crippen LogP contribution in [0.3, 0.4) is 0 Å². The number of rotatable bonds is 5. The summed E-state index contributed by atoms with van der Waals surface area (Å²) in [5, 5.41) is 0. The fourth-order valence-electron chi connectivity index (χ4n) is 0.971. The van der Waals surface area contributed by atoms with Crippen molar-refractivity contribution in [3.63, 3.8) is 0 Å². The number of likely N-dealkylation sites (N-methyl/N-ethyl adjacent to an activating group) is 2. The summed E-state index contributed by atoms with van der Waals surface area (Å²) < 4.78 is 5.12. The molecule has 0 atom stereocenters. The lowest BCUT2D eigenvalue weighted by Gasteiger charge is -2.35. The summed E-state index contributed by atoms with van der Waals surface area (Å²) >= 11 is 0. The first-order valence-corrected chi connectivity index (χ1v) is 12.4. The normalized spacial score (nSPS) is 14.1. The molecule has 4 heteroatoms. The summed E-state index contributed by atoms with van der Waals surface area (Å²) in [4.78, 5) is 0. The molecule has 0 N–H and O–H groups in total. The van der Waals surface area contributed by atoms with Crippen LogP contribution < -0.4 is 0 Å². The molecule has 0 fully saturated rings. The van der Waals surface area contributed by atoms with Gasteiger partial charge in [0, 0.05) is 13.1 Å². The zero-order valence-electron chi connectivity index (χ0n) is 11.3. The molecule has 0 aromatic rings. The van der Waals surface area contributed by atoms with Gasteiger partial charge in [-0.15, -0.1) is 0 Å². The van der Waals surface area contributed by atoms with E-state index < -0.39 is 16.5 Å². The highest BCUT2D eigenvalue weighted by molar-refractivity contribution is 6.73. The molecule has 86 valence electrons. The smallest absolute Gasteiger partial charge is 0.118 e. The standard InChI is InChI=1S/C10H28N2Si2/c1-11(13(3,4)5)9-10-12(2)14(6,7)8/h9-10H2,1-8H3. The van der Waals surface area contributed by atoms with Crippen molar-refractivity contribution in [2.45, 2.75) is 39.3 Å². The van der Waals surface area contributed by atoms with Crippen LogP contribution in [-0.2, 0) is 0 Å². The molecule has 0 radical (unpaired) electrons. The largest absolute Gasteiger partial charge is 0.325 e. The molecule has 0 aliphatic carbocycles. The van der Waals surface area contributed by atoms with Crippen molar-refractivity contribution in [3.05, 3.63) is 0 Å². The summed E-state index contributed by atoms with van der Waals surface area (Å²) in [6, 6.07) is 0. The van der Waals surface area contributed by atoms with Crippen molar-refractivity contribution >= 4 is 16.5 Å². The topological polar surface area (TPSA) is 6.48 Å². The Hall–Kier alpha value is 0.354. The second-order valence-corrected chi connectivity index (χ2v) is 16.4. The highest BCUT2D eigenvalue weighted by Gasteiger charge is 2.23. The third-order valence-electron chi connectivity index (χ3n) is 3.06. The van der Waals surface area contributed by atoms with E-state index in [1.54, 1.807) is 0 Å². The van der Waals surface area contributed by atoms with Crippen LogP contribution in [-0.4, -0.2) is 52.8 Å².